The molecule has 2 heterocycles. The summed E-state index contributed by atoms with van der Waals surface area (Å²) >= 11 is 0. The van der Waals surface area contributed by atoms with Crippen molar-refractivity contribution in [3.63, 3.8) is 0 Å². The van der Waals surface area contributed by atoms with Crippen molar-refractivity contribution in [3.8, 4) is 17.5 Å². The van der Waals surface area contributed by atoms with E-state index >= 15 is 0 Å². The van der Waals surface area contributed by atoms with Gasteiger partial charge in [-0.15, -0.1) is 0 Å². The third kappa shape index (κ3) is 1.39. The number of nitrogens with zero attached hydrogens (tertiary/aromatic N) is 3. The van der Waals surface area contributed by atoms with Crippen LogP contribution >= 0.6 is 0 Å². The molecular formula is C11H10N4O. The minimum Gasteiger partial charge on any atom is -0.352 e. The molecule has 5 heteroatoms. The fourth-order valence-corrected chi connectivity index (χ4v) is 1.77. The van der Waals surface area contributed by atoms with Gasteiger partial charge in [0.2, 0.25) is 0 Å². The van der Waals surface area contributed by atoms with Crippen LogP contribution in [0.15, 0.2) is 16.8 Å². The van der Waals surface area contributed by atoms with E-state index in [1.807, 2.05) is 6.07 Å². The Balaban J connectivity index is 1.89. The van der Waals surface area contributed by atoms with Crippen LogP contribution in [0.1, 0.15) is 36.7 Å². The highest BCUT2D eigenvalue weighted by molar-refractivity contribution is 5.54. The van der Waals surface area contributed by atoms with Gasteiger partial charge >= 0.3 is 0 Å². The van der Waals surface area contributed by atoms with Gasteiger partial charge in [0.15, 0.2) is 5.82 Å². The normalized spacial score (nSPS) is 15.7. The Morgan fingerprint density at radius 1 is 1.50 bits per heavy atom. The van der Waals surface area contributed by atoms with Gasteiger partial charge in [0.25, 0.3) is 5.89 Å². The molecule has 80 valence electrons. The summed E-state index contributed by atoms with van der Waals surface area (Å²) in [6.45, 7) is 0. The van der Waals surface area contributed by atoms with Crippen LogP contribution < -0.4 is 0 Å². The first-order chi connectivity index (χ1) is 7.86. The molecule has 1 aliphatic rings. The second-order valence-electron chi connectivity index (χ2n) is 4.00. The predicted molar refractivity (Wildman–Crippen MR) is 55.4 cm³/mol. The molecule has 1 saturated carbocycles. The Morgan fingerprint density at radius 2 is 2.38 bits per heavy atom. The third-order valence-corrected chi connectivity index (χ3v) is 2.96. The molecule has 0 aromatic carbocycles. The number of aromatic nitrogens is 3. The molecule has 0 atom stereocenters. The Labute approximate surface area is 92.1 Å². The first-order valence-corrected chi connectivity index (χ1v) is 5.29. The van der Waals surface area contributed by atoms with Gasteiger partial charge in [-0.1, -0.05) is 11.6 Å². The molecule has 0 spiro atoms. The average molecular weight is 214 g/mol. The molecule has 0 radical (unpaired) electrons. The van der Waals surface area contributed by atoms with Gasteiger partial charge in [-0.25, -0.2) is 0 Å². The largest absolute Gasteiger partial charge is 0.352 e. The number of rotatable bonds is 2. The second kappa shape index (κ2) is 3.49. The van der Waals surface area contributed by atoms with Crippen LogP contribution in [0, 0.1) is 11.3 Å². The lowest BCUT2D eigenvalue weighted by atomic mass is 9.85. The lowest BCUT2D eigenvalue weighted by molar-refractivity contribution is 0.366. The minimum absolute atomic E-state index is 0.465. The van der Waals surface area contributed by atoms with Crippen molar-refractivity contribution in [2.75, 3.05) is 0 Å². The van der Waals surface area contributed by atoms with E-state index in [1.54, 1.807) is 12.3 Å². The fraction of sp³-hybridized carbons (Fsp3) is 0.364. The highest BCUT2D eigenvalue weighted by Crippen LogP contribution is 2.35. The maximum atomic E-state index is 8.69. The number of hydrogen-bond acceptors (Lipinski definition) is 4. The fourth-order valence-electron chi connectivity index (χ4n) is 1.77. The van der Waals surface area contributed by atoms with Crippen molar-refractivity contribution in [2.24, 2.45) is 0 Å². The Bertz CT molecular complexity index is 544. The molecule has 0 bridgehead atoms. The zero-order valence-electron chi connectivity index (χ0n) is 8.60. The molecule has 0 amide bonds. The van der Waals surface area contributed by atoms with Gasteiger partial charge in [0, 0.05) is 12.1 Å². The van der Waals surface area contributed by atoms with E-state index in [4.69, 9.17) is 9.78 Å². The van der Waals surface area contributed by atoms with Crippen molar-refractivity contribution >= 4 is 0 Å². The zero-order chi connectivity index (χ0) is 11.0. The average Bonchev–Trinajstić information content (AvgIpc) is 2.81. The maximum Gasteiger partial charge on any atom is 0.259 e. The molecule has 0 aliphatic heterocycles. The second-order valence-corrected chi connectivity index (χ2v) is 4.00. The lowest BCUT2D eigenvalue weighted by Crippen LogP contribution is -2.10. The molecule has 0 unspecified atom stereocenters. The molecule has 1 aliphatic carbocycles. The number of aromatic amines is 1. The highest BCUT2D eigenvalue weighted by Gasteiger charge is 2.25. The molecule has 5 nitrogen and oxygen atoms in total. The topological polar surface area (TPSA) is 78.5 Å². The molecular weight excluding hydrogens is 204 g/mol. The van der Waals surface area contributed by atoms with E-state index in [2.05, 4.69) is 15.1 Å². The van der Waals surface area contributed by atoms with Gasteiger partial charge in [-0.2, -0.15) is 10.2 Å². The smallest absolute Gasteiger partial charge is 0.259 e. The standard InChI is InChI=1S/C11H10N4O/c12-5-9-4-8(6-13-9)11-14-10(15-16-11)7-2-1-3-7/h4,6-7,13H,1-3H2. The predicted octanol–water partition coefficient (Wildman–Crippen LogP) is 2.20. The van der Waals surface area contributed by atoms with Crippen molar-refractivity contribution in [1.29, 1.82) is 5.26 Å². The van der Waals surface area contributed by atoms with E-state index in [0.717, 1.165) is 24.2 Å². The van der Waals surface area contributed by atoms with Gasteiger partial charge in [-0.3, -0.25) is 0 Å². The first-order valence-electron chi connectivity index (χ1n) is 5.29. The van der Waals surface area contributed by atoms with Crippen LogP contribution in [-0.4, -0.2) is 15.1 Å². The molecule has 0 saturated heterocycles. The number of nitriles is 1. The molecule has 2 aromatic rings. The minimum atomic E-state index is 0.465. The first kappa shape index (κ1) is 9.16. The van der Waals surface area contributed by atoms with E-state index in [9.17, 15) is 0 Å². The Kier molecular flexibility index (Phi) is 2.00. The van der Waals surface area contributed by atoms with E-state index in [-0.39, 0.29) is 0 Å². The van der Waals surface area contributed by atoms with Crippen LogP contribution in [0.5, 0.6) is 0 Å². The summed E-state index contributed by atoms with van der Waals surface area (Å²) in [6.07, 6.45) is 5.25. The van der Waals surface area contributed by atoms with E-state index in [1.165, 1.54) is 6.42 Å². The lowest BCUT2D eigenvalue weighted by Gasteiger charge is -2.20. The summed E-state index contributed by atoms with van der Waals surface area (Å²) < 4.78 is 5.17. The Morgan fingerprint density at radius 3 is 3.00 bits per heavy atom. The van der Waals surface area contributed by atoms with Crippen LogP contribution in [0.3, 0.4) is 0 Å². The number of H-pyrrole nitrogens is 1. The van der Waals surface area contributed by atoms with Gasteiger partial charge in [0.05, 0.1) is 5.56 Å². The third-order valence-electron chi connectivity index (χ3n) is 2.96. The monoisotopic (exact) mass is 214 g/mol. The van der Waals surface area contributed by atoms with Gasteiger partial charge in [-0.05, 0) is 18.9 Å². The number of nitrogens with one attached hydrogen (secondary N) is 1. The highest BCUT2D eigenvalue weighted by atomic mass is 16.5. The SMILES string of the molecule is N#Cc1cc(-c2nc(C3CCC3)no2)c[nH]1. The molecule has 16 heavy (non-hydrogen) atoms. The zero-order valence-corrected chi connectivity index (χ0v) is 8.60. The van der Waals surface area contributed by atoms with Crippen molar-refractivity contribution < 1.29 is 4.52 Å². The van der Waals surface area contributed by atoms with Crippen molar-refractivity contribution in [3.05, 3.63) is 23.8 Å². The van der Waals surface area contributed by atoms with Crippen LogP contribution in [0.2, 0.25) is 0 Å². The summed E-state index contributed by atoms with van der Waals surface area (Å²) in [5, 5.41) is 12.7. The van der Waals surface area contributed by atoms with Gasteiger partial charge in [0.1, 0.15) is 11.8 Å². The number of hydrogen-bond donors (Lipinski definition) is 1. The molecule has 1 N–H and O–H groups in total. The maximum absolute atomic E-state index is 8.69. The summed E-state index contributed by atoms with van der Waals surface area (Å²) in [4.78, 5) is 7.17. The van der Waals surface area contributed by atoms with Crippen LogP contribution in [-0.2, 0) is 0 Å². The summed E-state index contributed by atoms with van der Waals surface area (Å²) in [6, 6.07) is 3.73. The van der Waals surface area contributed by atoms with Crippen molar-refractivity contribution in [1.82, 2.24) is 15.1 Å². The molecule has 3 rings (SSSR count). The summed E-state index contributed by atoms with van der Waals surface area (Å²) in [5.74, 6) is 1.74. The summed E-state index contributed by atoms with van der Waals surface area (Å²) in [7, 11) is 0. The van der Waals surface area contributed by atoms with E-state index < -0.39 is 0 Å². The van der Waals surface area contributed by atoms with E-state index in [0.29, 0.717) is 17.5 Å². The molecule has 1 fully saturated rings. The van der Waals surface area contributed by atoms with Crippen molar-refractivity contribution in [2.45, 2.75) is 25.2 Å². The molecule has 2 aromatic heterocycles. The Hall–Kier alpha value is -2.09. The summed E-state index contributed by atoms with van der Waals surface area (Å²) in [5.41, 5.74) is 1.27. The quantitative estimate of drug-likeness (QED) is 0.831. The van der Waals surface area contributed by atoms with Gasteiger partial charge < -0.3 is 9.51 Å². The van der Waals surface area contributed by atoms with Crippen LogP contribution in [0.4, 0.5) is 0 Å². The van der Waals surface area contributed by atoms with Crippen LogP contribution in [0.25, 0.3) is 11.5 Å².